The Kier molecular flexibility index (Phi) is 5.93. The van der Waals surface area contributed by atoms with Crippen molar-refractivity contribution in [3.8, 4) is 0 Å². The number of nitrogens with zero attached hydrogens (tertiary/aromatic N) is 2. The third-order valence-corrected chi connectivity index (χ3v) is 4.08. The first kappa shape index (κ1) is 17.6. The Morgan fingerprint density at radius 2 is 1.77 bits per heavy atom. The molecule has 132 valence electrons. The standard InChI is InChI=1S/C21H22N4O/c1-16-8-5-6-12-18(16)25-21(26)19-14-20(24-15-23-19)22-13-7-11-17-9-3-2-4-10-17/h2-6,8-10,12,14-15H,7,11,13H2,1H3,(H,25,26)(H,22,23,24). The number of amides is 1. The number of nitrogens with one attached hydrogen (secondary N) is 2. The van der Waals surface area contributed by atoms with Crippen LogP contribution in [0.1, 0.15) is 28.0 Å². The number of hydrogen-bond acceptors (Lipinski definition) is 4. The van der Waals surface area contributed by atoms with Crippen molar-refractivity contribution < 1.29 is 4.79 Å². The van der Waals surface area contributed by atoms with E-state index in [9.17, 15) is 4.79 Å². The normalized spacial score (nSPS) is 10.3. The lowest BCUT2D eigenvalue weighted by Gasteiger charge is -2.09. The Balaban J connectivity index is 1.54. The van der Waals surface area contributed by atoms with Crippen LogP contribution >= 0.6 is 0 Å². The Morgan fingerprint density at radius 1 is 1.00 bits per heavy atom. The van der Waals surface area contributed by atoms with Gasteiger partial charge in [-0.05, 0) is 37.0 Å². The first-order chi connectivity index (χ1) is 12.7. The predicted octanol–water partition coefficient (Wildman–Crippen LogP) is 4.08. The summed E-state index contributed by atoms with van der Waals surface area (Å²) in [5.74, 6) is 0.414. The molecule has 0 bridgehead atoms. The minimum Gasteiger partial charge on any atom is -0.370 e. The van der Waals surface area contributed by atoms with Gasteiger partial charge in [0, 0.05) is 18.3 Å². The van der Waals surface area contributed by atoms with Crippen molar-refractivity contribution in [2.24, 2.45) is 0 Å². The van der Waals surface area contributed by atoms with Crippen LogP contribution in [0, 0.1) is 6.92 Å². The molecule has 0 aliphatic carbocycles. The van der Waals surface area contributed by atoms with E-state index in [0.717, 1.165) is 30.6 Å². The molecule has 1 amide bonds. The molecule has 0 radical (unpaired) electrons. The summed E-state index contributed by atoms with van der Waals surface area (Å²) in [6.45, 7) is 2.74. The van der Waals surface area contributed by atoms with Gasteiger partial charge in [-0.2, -0.15) is 0 Å². The average molecular weight is 346 g/mol. The van der Waals surface area contributed by atoms with E-state index in [1.54, 1.807) is 6.07 Å². The molecule has 26 heavy (non-hydrogen) atoms. The average Bonchev–Trinajstić information content (AvgIpc) is 2.68. The van der Waals surface area contributed by atoms with E-state index < -0.39 is 0 Å². The minimum atomic E-state index is -0.242. The van der Waals surface area contributed by atoms with Crippen LogP contribution < -0.4 is 10.6 Å². The third kappa shape index (κ3) is 4.89. The zero-order chi connectivity index (χ0) is 18.2. The van der Waals surface area contributed by atoms with E-state index in [0.29, 0.717) is 11.5 Å². The highest BCUT2D eigenvalue weighted by Crippen LogP contribution is 2.15. The number of carbonyl (C=O) groups is 1. The maximum absolute atomic E-state index is 12.4. The van der Waals surface area contributed by atoms with E-state index in [1.807, 2.05) is 49.4 Å². The summed E-state index contributed by atoms with van der Waals surface area (Å²) in [5.41, 5.74) is 3.45. The molecule has 0 aliphatic rings. The quantitative estimate of drug-likeness (QED) is 0.633. The number of carbonyl (C=O) groups excluding carboxylic acids is 1. The Hall–Kier alpha value is -3.21. The monoisotopic (exact) mass is 346 g/mol. The lowest BCUT2D eigenvalue weighted by atomic mass is 10.1. The third-order valence-electron chi connectivity index (χ3n) is 4.08. The van der Waals surface area contributed by atoms with Crippen molar-refractivity contribution in [2.45, 2.75) is 19.8 Å². The molecular formula is C21H22N4O. The van der Waals surface area contributed by atoms with E-state index in [2.05, 4.69) is 32.7 Å². The zero-order valence-corrected chi connectivity index (χ0v) is 14.8. The van der Waals surface area contributed by atoms with Crippen molar-refractivity contribution >= 4 is 17.4 Å². The van der Waals surface area contributed by atoms with Gasteiger partial charge in [-0.15, -0.1) is 0 Å². The van der Waals surface area contributed by atoms with Crippen LogP contribution in [0.4, 0.5) is 11.5 Å². The van der Waals surface area contributed by atoms with E-state index >= 15 is 0 Å². The van der Waals surface area contributed by atoms with Crippen LogP contribution in [-0.2, 0) is 6.42 Å². The van der Waals surface area contributed by atoms with Gasteiger partial charge in [0.25, 0.3) is 5.91 Å². The lowest BCUT2D eigenvalue weighted by molar-refractivity contribution is 0.102. The maximum atomic E-state index is 12.4. The molecule has 3 aromatic rings. The molecule has 0 saturated heterocycles. The molecule has 0 spiro atoms. The summed E-state index contributed by atoms with van der Waals surface area (Å²) in [5, 5.41) is 6.14. The summed E-state index contributed by atoms with van der Waals surface area (Å²) in [6, 6.07) is 19.7. The summed E-state index contributed by atoms with van der Waals surface area (Å²) in [7, 11) is 0. The van der Waals surface area contributed by atoms with Crippen LogP contribution in [0.3, 0.4) is 0 Å². The first-order valence-electron chi connectivity index (χ1n) is 8.69. The summed E-state index contributed by atoms with van der Waals surface area (Å²) in [6.07, 6.45) is 3.39. The molecule has 0 fully saturated rings. The summed E-state index contributed by atoms with van der Waals surface area (Å²) in [4.78, 5) is 20.7. The molecule has 0 saturated carbocycles. The van der Waals surface area contributed by atoms with Gasteiger partial charge < -0.3 is 10.6 Å². The second kappa shape index (κ2) is 8.76. The van der Waals surface area contributed by atoms with Crippen molar-refractivity contribution in [2.75, 3.05) is 17.2 Å². The number of anilines is 2. The highest BCUT2D eigenvalue weighted by Gasteiger charge is 2.10. The van der Waals surface area contributed by atoms with Crippen LogP contribution in [0.15, 0.2) is 67.0 Å². The van der Waals surface area contributed by atoms with Gasteiger partial charge in [0.05, 0.1) is 0 Å². The van der Waals surface area contributed by atoms with Gasteiger partial charge in [0.15, 0.2) is 0 Å². The second-order valence-corrected chi connectivity index (χ2v) is 6.07. The molecule has 2 N–H and O–H groups in total. The van der Waals surface area contributed by atoms with Crippen molar-refractivity contribution in [1.29, 1.82) is 0 Å². The number of hydrogen-bond donors (Lipinski definition) is 2. The van der Waals surface area contributed by atoms with Crippen molar-refractivity contribution in [3.63, 3.8) is 0 Å². The number of aryl methyl sites for hydroxylation is 2. The number of aromatic nitrogens is 2. The van der Waals surface area contributed by atoms with Crippen LogP contribution in [0.2, 0.25) is 0 Å². The van der Waals surface area contributed by atoms with Gasteiger partial charge >= 0.3 is 0 Å². The molecule has 0 unspecified atom stereocenters. The molecule has 0 aliphatic heterocycles. The smallest absolute Gasteiger partial charge is 0.274 e. The zero-order valence-electron chi connectivity index (χ0n) is 14.8. The molecule has 5 nitrogen and oxygen atoms in total. The Labute approximate surface area is 153 Å². The fourth-order valence-electron chi connectivity index (χ4n) is 2.63. The lowest BCUT2D eigenvalue weighted by Crippen LogP contribution is -2.15. The van der Waals surface area contributed by atoms with Crippen LogP contribution in [0.5, 0.6) is 0 Å². The minimum absolute atomic E-state index is 0.242. The largest absolute Gasteiger partial charge is 0.370 e. The van der Waals surface area contributed by atoms with Crippen LogP contribution in [-0.4, -0.2) is 22.4 Å². The summed E-state index contributed by atoms with van der Waals surface area (Å²) < 4.78 is 0. The van der Waals surface area contributed by atoms with E-state index in [4.69, 9.17) is 0 Å². The fraction of sp³-hybridized carbons (Fsp3) is 0.190. The molecule has 5 heteroatoms. The number of rotatable bonds is 7. The van der Waals surface area contributed by atoms with Gasteiger partial charge in [-0.25, -0.2) is 9.97 Å². The van der Waals surface area contributed by atoms with E-state index in [1.165, 1.54) is 11.9 Å². The second-order valence-electron chi connectivity index (χ2n) is 6.07. The number of benzene rings is 2. The van der Waals surface area contributed by atoms with Gasteiger partial charge in [0.1, 0.15) is 17.8 Å². The fourth-order valence-corrected chi connectivity index (χ4v) is 2.63. The molecule has 1 aromatic heterocycles. The molecule has 3 rings (SSSR count). The SMILES string of the molecule is Cc1ccccc1NC(=O)c1cc(NCCCc2ccccc2)ncn1. The van der Waals surface area contributed by atoms with Gasteiger partial charge in [-0.1, -0.05) is 48.5 Å². The molecule has 2 aromatic carbocycles. The molecule has 0 atom stereocenters. The van der Waals surface area contributed by atoms with Crippen molar-refractivity contribution in [1.82, 2.24) is 9.97 Å². The van der Waals surface area contributed by atoms with Crippen LogP contribution in [0.25, 0.3) is 0 Å². The van der Waals surface area contributed by atoms with Gasteiger partial charge in [-0.3, -0.25) is 4.79 Å². The topological polar surface area (TPSA) is 66.9 Å². The van der Waals surface area contributed by atoms with E-state index in [-0.39, 0.29) is 5.91 Å². The molecular weight excluding hydrogens is 324 g/mol. The van der Waals surface area contributed by atoms with Gasteiger partial charge in [0.2, 0.25) is 0 Å². The highest BCUT2D eigenvalue weighted by atomic mass is 16.1. The first-order valence-corrected chi connectivity index (χ1v) is 8.69. The predicted molar refractivity (Wildman–Crippen MR) is 104 cm³/mol. The maximum Gasteiger partial charge on any atom is 0.274 e. The Bertz CT molecular complexity index is 865. The summed E-state index contributed by atoms with van der Waals surface area (Å²) >= 11 is 0. The van der Waals surface area contributed by atoms with Crippen molar-refractivity contribution in [3.05, 3.63) is 83.8 Å². The number of para-hydroxylation sites is 1. The molecule has 1 heterocycles. The Morgan fingerprint density at radius 3 is 2.58 bits per heavy atom. The highest BCUT2D eigenvalue weighted by molar-refractivity contribution is 6.03.